The molecule has 1 amide bonds. The lowest BCUT2D eigenvalue weighted by molar-refractivity contribution is -0.146. The van der Waals surface area contributed by atoms with Gasteiger partial charge in [0.25, 0.3) is 0 Å². The van der Waals surface area contributed by atoms with Gasteiger partial charge in [-0.15, -0.1) is 0 Å². The highest BCUT2D eigenvalue weighted by atomic mass is 16.2. The van der Waals surface area contributed by atoms with Crippen molar-refractivity contribution in [1.82, 2.24) is 4.90 Å². The fourth-order valence-corrected chi connectivity index (χ4v) is 2.85. The van der Waals surface area contributed by atoms with E-state index in [4.69, 9.17) is 0 Å². The first-order chi connectivity index (χ1) is 5.77. The van der Waals surface area contributed by atoms with E-state index in [1.54, 1.807) is 6.92 Å². The van der Waals surface area contributed by atoms with Gasteiger partial charge < -0.3 is 4.90 Å². The molecule has 84 valence electrons. The quantitative estimate of drug-likeness (QED) is 0.586. The zero-order valence-corrected chi connectivity index (χ0v) is 9.48. The van der Waals surface area contributed by atoms with Crippen LogP contribution in [0.3, 0.4) is 0 Å². The molecule has 0 aliphatic carbocycles. The molecule has 1 saturated heterocycles. The number of hydrogen-bond acceptors (Lipinski definition) is 1. The summed E-state index contributed by atoms with van der Waals surface area (Å²) in [7, 11) is 0. The van der Waals surface area contributed by atoms with Crippen molar-refractivity contribution < 1.29 is 4.79 Å². The van der Waals surface area contributed by atoms with Gasteiger partial charge in [-0.3, -0.25) is 4.79 Å². The second-order valence-corrected chi connectivity index (χ2v) is 5.33. The number of carbonyl (C=O) groups is 1. The predicted molar refractivity (Wildman–Crippen MR) is 61.3 cm³/mol. The molecule has 0 aromatic carbocycles. The van der Waals surface area contributed by atoms with Crippen LogP contribution < -0.4 is 0 Å². The number of hydrogen-bond donors (Lipinski definition) is 0. The van der Waals surface area contributed by atoms with E-state index < -0.39 is 0 Å². The Bertz CT molecular complexity index is 202. The minimum atomic E-state index is 0. The molecule has 0 spiro atoms. The van der Waals surface area contributed by atoms with Crippen LogP contribution in [0.25, 0.3) is 0 Å². The van der Waals surface area contributed by atoms with E-state index in [9.17, 15) is 4.79 Å². The Morgan fingerprint density at radius 2 is 1.43 bits per heavy atom. The number of likely N-dealkylation sites (tertiary alicyclic amines) is 1. The van der Waals surface area contributed by atoms with Crippen LogP contribution in [-0.4, -0.2) is 21.9 Å². The highest BCUT2D eigenvalue weighted by Gasteiger charge is 2.42. The summed E-state index contributed by atoms with van der Waals surface area (Å²) in [5.74, 6) is 0.203. The summed E-state index contributed by atoms with van der Waals surface area (Å²) in [5, 5.41) is 0. The van der Waals surface area contributed by atoms with Crippen LogP contribution in [0.2, 0.25) is 0 Å². The molecule has 0 atom stereocenters. The Labute approximate surface area is 88.7 Å². The van der Waals surface area contributed by atoms with Gasteiger partial charge >= 0.3 is 0 Å². The van der Waals surface area contributed by atoms with Crippen molar-refractivity contribution in [1.29, 1.82) is 0 Å². The third-order valence-electron chi connectivity index (χ3n) is 3.10. The van der Waals surface area contributed by atoms with Gasteiger partial charge in [-0.2, -0.15) is 0 Å². The van der Waals surface area contributed by atoms with Gasteiger partial charge in [-0.05, 0) is 47.0 Å². The molecule has 0 N–H and O–H groups in total. The maximum absolute atomic E-state index is 11.6. The Balaban J connectivity index is 0.00000169. The molecule has 2 heteroatoms. The van der Waals surface area contributed by atoms with Crippen LogP contribution in [0.4, 0.5) is 0 Å². The van der Waals surface area contributed by atoms with Crippen molar-refractivity contribution >= 4 is 5.91 Å². The predicted octanol–water partition coefficient (Wildman–Crippen LogP) is 3.21. The summed E-state index contributed by atoms with van der Waals surface area (Å²) < 4.78 is 0. The zero-order chi connectivity index (χ0) is 10.3. The maximum Gasteiger partial charge on any atom is 0.220 e. The van der Waals surface area contributed by atoms with E-state index >= 15 is 0 Å². The molecule has 2 nitrogen and oxygen atoms in total. The van der Waals surface area contributed by atoms with Gasteiger partial charge in [0.1, 0.15) is 0 Å². The Hall–Kier alpha value is -0.530. The summed E-state index contributed by atoms with van der Waals surface area (Å²) in [6.07, 6.45) is 3.47. The Kier molecular flexibility index (Phi) is 3.77. The van der Waals surface area contributed by atoms with Crippen molar-refractivity contribution in [2.24, 2.45) is 0 Å². The average molecular weight is 199 g/mol. The molecule has 1 heterocycles. The molecule has 0 unspecified atom stereocenters. The highest BCUT2D eigenvalue weighted by Crippen LogP contribution is 2.37. The van der Waals surface area contributed by atoms with Crippen LogP contribution in [-0.2, 0) is 4.79 Å². The normalized spacial score (nSPS) is 23.9. The van der Waals surface area contributed by atoms with E-state index in [0.717, 1.165) is 12.8 Å². The standard InChI is InChI=1S/C11H21NO.CH4/c1-9(13)12-10(2,3)7-6-8-11(12,4)5;/h6-8H2,1-5H3;1H4. The van der Waals surface area contributed by atoms with Gasteiger partial charge in [-0.1, -0.05) is 7.43 Å². The number of nitrogens with zero attached hydrogens (tertiary/aromatic N) is 1. The molecular weight excluding hydrogens is 174 g/mol. The minimum Gasteiger partial charge on any atom is -0.333 e. The lowest BCUT2D eigenvalue weighted by Gasteiger charge is -2.52. The van der Waals surface area contributed by atoms with Crippen LogP contribution in [0.1, 0.15) is 61.3 Å². The third-order valence-corrected chi connectivity index (χ3v) is 3.10. The molecule has 1 aliphatic heterocycles. The van der Waals surface area contributed by atoms with Gasteiger partial charge in [-0.25, -0.2) is 0 Å². The number of rotatable bonds is 0. The average Bonchev–Trinajstić information content (AvgIpc) is 1.79. The monoisotopic (exact) mass is 199 g/mol. The first-order valence-electron chi connectivity index (χ1n) is 5.08. The van der Waals surface area contributed by atoms with Crippen molar-refractivity contribution in [2.75, 3.05) is 0 Å². The molecule has 1 fully saturated rings. The largest absolute Gasteiger partial charge is 0.333 e. The summed E-state index contributed by atoms with van der Waals surface area (Å²) in [4.78, 5) is 13.6. The van der Waals surface area contributed by atoms with Gasteiger partial charge in [0.15, 0.2) is 0 Å². The fourth-order valence-electron chi connectivity index (χ4n) is 2.85. The van der Waals surface area contributed by atoms with E-state index in [1.165, 1.54) is 6.42 Å². The van der Waals surface area contributed by atoms with Gasteiger partial charge in [0.05, 0.1) is 0 Å². The second-order valence-electron chi connectivity index (χ2n) is 5.33. The molecule has 1 aliphatic rings. The molecule has 1 rings (SSSR count). The SMILES string of the molecule is C.CC(=O)N1C(C)(C)CCCC1(C)C. The molecule has 0 radical (unpaired) electrons. The van der Waals surface area contributed by atoms with Crippen molar-refractivity contribution in [3.05, 3.63) is 0 Å². The van der Waals surface area contributed by atoms with Gasteiger partial charge in [0.2, 0.25) is 5.91 Å². The van der Waals surface area contributed by atoms with Crippen LogP contribution in [0.5, 0.6) is 0 Å². The molecular formula is C12H25NO. The molecule has 14 heavy (non-hydrogen) atoms. The van der Waals surface area contributed by atoms with Crippen LogP contribution >= 0.6 is 0 Å². The van der Waals surface area contributed by atoms with Crippen molar-refractivity contribution in [3.63, 3.8) is 0 Å². The van der Waals surface area contributed by atoms with Crippen molar-refractivity contribution in [2.45, 2.75) is 72.4 Å². The van der Waals surface area contributed by atoms with E-state index in [2.05, 4.69) is 27.7 Å². The van der Waals surface area contributed by atoms with Crippen LogP contribution in [0.15, 0.2) is 0 Å². The second kappa shape index (κ2) is 3.92. The molecule has 0 bridgehead atoms. The summed E-state index contributed by atoms with van der Waals surface area (Å²) in [5.41, 5.74) is 0.0706. The Morgan fingerprint density at radius 1 is 1.07 bits per heavy atom. The molecule has 0 aromatic heterocycles. The molecule has 0 aromatic rings. The summed E-state index contributed by atoms with van der Waals surface area (Å²) >= 11 is 0. The third kappa shape index (κ3) is 2.28. The smallest absolute Gasteiger partial charge is 0.220 e. The van der Waals surface area contributed by atoms with Crippen LogP contribution in [0, 0.1) is 0 Å². The Morgan fingerprint density at radius 3 is 1.64 bits per heavy atom. The summed E-state index contributed by atoms with van der Waals surface area (Å²) in [6, 6.07) is 0. The topological polar surface area (TPSA) is 20.3 Å². The van der Waals surface area contributed by atoms with E-state index in [0.29, 0.717) is 0 Å². The zero-order valence-electron chi connectivity index (χ0n) is 9.48. The van der Waals surface area contributed by atoms with Crippen molar-refractivity contribution in [3.8, 4) is 0 Å². The minimum absolute atomic E-state index is 0. The maximum atomic E-state index is 11.6. The first kappa shape index (κ1) is 13.5. The first-order valence-corrected chi connectivity index (χ1v) is 5.08. The van der Waals surface area contributed by atoms with Gasteiger partial charge in [0, 0.05) is 18.0 Å². The number of amides is 1. The van der Waals surface area contributed by atoms with E-state index in [1.807, 2.05) is 4.90 Å². The number of carbonyl (C=O) groups excluding carboxylic acids is 1. The number of piperidine rings is 1. The lowest BCUT2D eigenvalue weighted by atomic mass is 9.80. The fraction of sp³-hybridized carbons (Fsp3) is 0.917. The van der Waals surface area contributed by atoms with E-state index in [-0.39, 0.29) is 24.4 Å². The summed E-state index contributed by atoms with van der Waals surface area (Å²) in [6.45, 7) is 10.3. The lowest BCUT2D eigenvalue weighted by Crippen LogP contribution is -2.60. The highest BCUT2D eigenvalue weighted by molar-refractivity contribution is 5.75. The molecule has 0 saturated carbocycles.